The van der Waals surface area contributed by atoms with Crippen LogP contribution in [0.3, 0.4) is 0 Å². The Bertz CT molecular complexity index is 1020. The molecule has 3 amide bonds. The van der Waals surface area contributed by atoms with Gasteiger partial charge in [-0.2, -0.15) is 0 Å². The van der Waals surface area contributed by atoms with Gasteiger partial charge in [0.25, 0.3) is 11.8 Å². The van der Waals surface area contributed by atoms with Gasteiger partial charge >= 0.3 is 6.09 Å². The van der Waals surface area contributed by atoms with Gasteiger partial charge in [0, 0.05) is 19.6 Å². The number of nitrogens with zero attached hydrogens (tertiary/aromatic N) is 3. The van der Waals surface area contributed by atoms with Crippen LogP contribution in [-0.2, 0) is 20.9 Å². The van der Waals surface area contributed by atoms with E-state index < -0.39 is 23.9 Å². The van der Waals surface area contributed by atoms with Crippen molar-refractivity contribution < 1.29 is 19.1 Å². The number of ether oxygens (including phenoxy) is 1. The van der Waals surface area contributed by atoms with Gasteiger partial charge in [0.15, 0.2) is 6.04 Å². The van der Waals surface area contributed by atoms with Crippen LogP contribution in [0.2, 0.25) is 0 Å². The van der Waals surface area contributed by atoms with Crippen molar-refractivity contribution in [2.24, 2.45) is 5.92 Å². The molecular formula is C28H38N4O4. The quantitative estimate of drug-likeness (QED) is 0.477. The van der Waals surface area contributed by atoms with E-state index >= 15 is 0 Å². The van der Waals surface area contributed by atoms with E-state index in [4.69, 9.17) is 4.74 Å². The van der Waals surface area contributed by atoms with Gasteiger partial charge in [0.05, 0.1) is 11.4 Å². The highest BCUT2D eigenvalue weighted by Gasteiger charge is 2.41. The molecule has 1 N–H and O–H groups in total. The summed E-state index contributed by atoms with van der Waals surface area (Å²) in [5.74, 6) is -0.539. The number of para-hydroxylation sites is 2. The molecule has 8 heteroatoms. The summed E-state index contributed by atoms with van der Waals surface area (Å²) in [5.41, 5.74) is 2.17. The highest BCUT2D eigenvalue weighted by atomic mass is 16.5. The third-order valence-corrected chi connectivity index (χ3v) is 6.43. The highest BCUT2D eigenvalue weighted by Crippen LogP contribution is 2.33. The Kier molecular flexibility index (Phi) is 9.87. The number of hydrogen-bond acceptors (Lipinski definition) is 5. The second-order valence-electron chi connectivity index (χ2n) is 9.32. The molecule has 194 valence electrons. The van der Waals surface area contributed by atoms with E-state index in [1.807, 2.05) is 54.6 Å². The van der Waals surface area contributed by atoms with Crippen molar-refractivity contribution in [3.8, 4) is 0 Å². The average Bonchev–Trinajstić information content (AvgIpc) is 2.96. The van der Waals surface area contributed by atoms with Crippen molar-refractivity contribution in [2.75, 3.05) is 42.5 Å². The summed E-state index contributed by atoms with van der Waals surface area (Å²) in [5, 5.41) is 2.57. The topological polar surface area (TPSA) is 82.2 Å². The fourth-order valence-electron chi connectivity index (χ4n) is 4.21. The van der Waals surface area contributed by atoms with Crippen LogP contribution >= 0.6 is 0 Å². The lowest BCUT2D eigenvalue weighted by Gasteiger charge is -2.28. The Morgan fingerprint density at radius 1 is 0.917 bits per heavy atom. The minimum absolute atomic E-state index is 0.0464. The van der Waals surface area contributed by atoms with E-state index in [9.17, 15) is 14.4 Å². The fourth-order valence-corrected chi connectivity index (χ4v) is 4.21. The Balaban J connectivity index is 1.89. The van der Waals surface area contributed by atoms with Crippen molar-refractivity contribution in [2.45, 2.75) is 46.8 Å². The number of amides is 3. The zero-order chi connectivity index (χ0) is 26.1. The van der Waals surface area contributed by atoms with E-state index in [0.29, 0.717) is 36.9 Å². The van der Waals surface area contributed by atoms with Crippen LogP contribution in [0.1, 0.15) is 39.7 Å². The molecule has 36 heavy (non-hydrogen) atoms. The Morgan fingerprint density at radius 3 is 2.03 bits per heavy atom. The number of carbonyl (C=O) groups excluding carboxylic acids is 3. The van der Waals surface area contributed by atoms with Crippen LogP contribution in [-0.4, -0.2) is 61.6 Å². The maximum atomic E-state index is 13.8. The lowest BCUT2D eigenvalue weighted by molar-refractivity contribution is -0.129. The number of alkyl carbamates (subject to hydrolysis) is 1. The van der Waals surface area contributed by atoms with Crippen LogP contribution in [0, 0.1) is 5.92 Å². The molecule has 0 saturated carbocycles. The standard InChI is InChI=1S/C28H38N4O4/c1-5-30(6-2)18-19-32-24-15-11-10-14-23(24)31(17-16-21(3)4)26(33)25(27(32)34)29-28(35)36-20-22-12-8-7-9-13-22/h7-15,21,25H,5-6,16-20H2,1-4H3,(H,29,35). The molecule has 0 radical (unpaired) electrons. The first-order valence-corrected chi connectivity index (χ1v) is 12.8. The number of fused-ring (bicyclic) bond motifs is 1. The number of rotatable bonds is 11. The molecule has 0 fully saturated rings. The van der Waals surface area contributed by atoms with E-state index in [1.54, 1.807) is 9.80 Å². The molecule has 1 aliphatic heterocycles. The predicted molar refractivity (Wildman–Crippen MR) is 142 cm³/mol. The summed E-state index contributed by atoms with van der Waals surface area (Å²) in [6, 6.07) is 15.4. The number of benzene rings is 2. The van der Waals surface area contributed by atoms with Gasteiger partial charge < -0.3 is 24.8 Å². The summed E-state index contributed by atoms with van der Waals surface area (Å²) >= 11 is 0. The number of nitrogens with one attached hydrogen (secondary N) is 1. The SMILES string of the molecule is CCN(CC)CCN1C(=O)C(NC(=O)OCc2ccccc2)C(=O)N(CCC(C)C)c2ccccc21. The number of likely N-dealkylation sites (N-methyl/N-ethyl adjacent to an activating group) is 1. The first-order valence-electron chi connectivity index (χ1n) is 12.8. The van der Waals surface area contributed by atoms with Crippen LogP contribution in [0.5, 0.6) is 0 Å². The predicted octanol–water partition coefficient (Wildman–Crippen LogP) is 4.05. The molecule has 1 unspecified atom stereocenters. The number of carbonyl (C=O) groups is 3. The third-order valence-electron chi connectivity index (χ3n) is 6.43. The Labute approximate surface area is 214 Å². The Hall–Kier alpha value is -3.39. The molecule has 0 bridgehead atoms. The zero-order valence-electron chi connectivity index (χ0n) is 21.8. The minimum atomic E-state index is -1.37. The monoisotopic (exact) mass is 494 g/mol. The van der Waals surface area contributed by atoms with Gasteiger partial charge in [-0.25, -0.2) is 4.79 Å². The molecule has 0 aromatic heterocycles. The number of hydrogen-bond donors (Lipinski definition) is 1. The van der Waals surface area contributed by atoms with Gasteiger partial charge in [-0.1, -0.05) is 70.2 Å². The van der Waals surface area contributed by atoms with Crippen LogP contribution < -0.4 is 15.1 Å². The molecule has 2 aromatic carbocycles. The summed E-state index contributed by atoms with van der Waals surface area (Å²) in [4.78, 5) is 45.7. The highest BCUT2D eigenvalue weighted by molar-refractivity contribution is 6.21. The second kappa shape index (κ2) is 13.1. The third kappa shape index (κ3) is 6.85. The van der Waals surface area contributed by atoms with Crippen LogP contribution in [0.4, 0.5) is 16.2 Å². The van der Waals surface area contributed by atoms with Gasteiger partial charge in [-0.3, -0.25) is 9.59 Å². The molecule has 0 aliphatic carbocycles. The van der Waals surface area contributed by atoms with E-state index in [1.165, 1.54) is 0 Å². The summed E-state index contributed by atoms with van der Waals surface area (Å²) in [6.45, 7) is 11.6. The van der Waals surface area contributed by atoms with Crippen LogP contribution in [0.25, 0.3) is 0 Å². The lowest BCUT2D eigenvalue weighted by atomic mass is 10.1. The molecule has 3 rings (SSSR count). The molecule has 0 saturated heterocycles. The van der Waals surface area contributed by atoms with Crippen molar-refractivity contribution in [1.82, 2.24) is 10.2 Å². The second-order valence-corrected chi connectivity index (χ2v) is 9.32. The van der Waals surface area contributed by atoms with E-state index in [-0.39, 0.29) is 6.61 Å². The fraction of sp³-hybridized carbons (Fsp3) is 0.464. The molecule has 8 nitrogen and oxygen atoms in total. The summed E-state index contributed by atoms with van der Waals surface area (Å²) in [6.07, 6.45) is -0.0391. The average molecular weight is 495 g/mol. The largest absolute Gasteiger partial charge is 0.445 e. The molecule has 0 spiro atoms. The van der Waals surface area contributed by atoms with Crippen molar-refractivity contribution in [1.29, 1.82) is 0 Å². The van der Waals surface area contributed by atoms with Gasteiger partial charge in [0.2, 0.25) is 0 Å². The first kappa shape index (κ1) is 27.2. The first-order chi connectivity index (χ1) is 17.3. The maximum Gasteiger partial charge on any atom is 0.408 e. The molecule has 1 heterocycles. The van der Waals surface area contributed by atoms with E-state index in [2.05, 4.69) is 37.9 Å². The van der Waals surface area contributed by atoms with Crippen molar-refractivity contribution in [3.63, 3.8) is 0 Å². The van der Waals surface area contributed by atoms with Gasteiger partial charge in [-0.05, 0) is 43.1 Å². The molecule has 1 aliphatic rings. The zero-order valence-corrected chi connectivity index (χ0v) is 21.8. The van der Waals surface area contributed by atoms with Crippen molar-refractivity contribution >= 4 is 29.3 Å². The molecule has 2 aromatic rings. The minimum Gasteiger partial charge on any atom is -0.445 e. The maximum absolute atomic E-state index is 13.8. The van der Waals surface area contributed by atoms with Crippen molar-refractivity contribution in [3.05, 3.63) is 60.2 Å². The number of anilines is 2. The van der Waals surface area contributed by atoms with Crippen LogP contribution in [0.15, 0.2) is 54.6 Å². The molecular weight excluding hydrogens is 456 g/mol. The Morgan fingerprint density at radius 2 is 1.47 bits per heavy atom. The lowest BCUT2D eigenvalue weighted by Crippen LogP contribution is -2.56. The summed E-state index contributed by atoms with van der Waals surface area (Å²) in [7, 11) is 0. The van der Waals surface area contributed by atoms with Gasteiger partial charge in [0.1, 0.15) is 6.61 Å². The normalized spacial score (nSPS) is 15.8. The van der Waals surface area contributed by atoms with E-state index in [0.717, 1.165) is 25.1 Å². The summed E-state index contributed by atoms with van der Waals surface area (Å²) < 4.78 is 5.35. The molecule has 1 atom stereocenters. The smallest absolute Gasteiger partial charge is 0.408 e. The van der Waals surface area contributed by atoms with Gasteiger partial charge in [-0.15, -0.1) is 0 Å².